The van der Waals surface area contributed by atoms with Gasteiger partial charge >= 0.3 is 0 Å². The summed E-state index contributed by atoms with van der Waals surface area (Å²) in [6.07, 6.45) is 13.1. The van der Waals surface area contributed by atoms with Crippen LogP contribution in [0.1, 0.15) is 64.7 Å². The van der Waals surface area contributed by atoms with Crippen LogP contribution in [0.3, 0.4) is 0 Å². The van der Waals surface area contributed by atoms with Gasteiger partial charge in [0.15, 0.2) is 0 Å². The fourth-order valence-electron chi connectivity index (χ4n) is 3.56. The van der Waals surface area contributed by atoms with E-state index in [1.54, 1.807) is 0 Å². The highest BCUT2D eigenvalue weighted by Gasteiger charge is 2.37. The molecule has 2 rings (SSSR count). The maximum Gasteiger partial charge on any atom is 0.0752 e. The summed E-state index contributed by atoms with van der Waals surface area (Å²) in [6, 6.07) is 0.602. The number of hydrogen-bond acceptors (Lipinski definition) is 2. The maximum atomic E-state index is 5.81. The minimum atomic E-state index is 0.471. The van der Waals surface area contributed by atoms with Gasteiger partial charge in [-0.15, -0.1) is 0 Å². The Labute approximate surface area is 113 Å². The van der Waals surface area contributed by atoms with E-state index in [0.717, 1.165) is 18.4 Å². The third-order valence-corrected chi connectivity index (χ3v) is 4.72. The summed E-state index contributed by atoms with van der Waals surface area (Å²) in [5, 5.41) is 3.76. The average molecular weight is 253 g/mol. The first-order chi connectivity index (χ1) is 8.85. The summed E-state index contributed by atoms with van der Waals surface area (Å²) in [5.41, 5.74) is 0. The molecule has 0 radical (unpaired) electrons. The van der Waals surface area contributed by atoms with Gasteiger partial charge in [-0.05, 0) is 44.1 Å². The second kappa shape index (κ2) is 7.49. The molecule has 0 heterocycles. The smallest absolute Gasteiger partial charge is 0.0752 e. The fourth-order valence-corrected chi connectivity index (χ4v) is 3.56. The van der Waals surface area contributed by atoms with Crippen LogP contribution in [0.5, 0.6) is 0 Å². The molecule has 0 aromatic rings. The Balaban J connectivity index is 1.85. The van der Waals surface area contributed by atoms with Gasteiger partial charge in [0.1, 0.15) is 0 Å². The number of ether oxygens (including phenoxy) is 1. The first-order valence-electron chi connectivity index (χ1n) is 8.11. The number of rotatable bonds is 8. The Morgan fingerprint density at radius 2 is 1.83 bits per heavy atom. The van der Waals surface area contributed by atoms with Crippen molar-refractivity contribution in [1.82, 2.24) is 5.32 Å². The molecular formula is C16H31NO. The van der Waals surface area contributed by atoms with Gasteiger partial charge in [0.25, 0.3) is 0 Å². The van der Waals surface area contributed by atoms with Crippen LogP contribution in [-0.2, 0) is 4.74 Å². The Kier molecular flexibility index (Phi) is 5.97. The highest BCUT2D eigenvalue weighted by molar-refractivity contribution is 4.91. The van der Waals surface area contributed by atoms with Gasteiger partial charge < -0.3 is 10.1 Å². The van der Waals surface area contributed by atoms with Crippen molar-refractivity contribution in [2.45, 2.75) is 76.9 Å². The van der Waals surface area contributed by atoms with Crippen LogP contribution in [0.25, 0.3) is 0 Å². The Morgan fingerprint density at radius 3 is 2.39 bits per heavy atom. The summed E-state index contributed by atoms with van der Waals surface area (Å²) >= 11 is 0. The number of methoxy groups -OCH3 is 1. The van der Waals surface area contributed by atoms with E-state index in [1.165, 1.54) is 57.8 Å². The molecule has 2 fully saturated rings. The van der Waals surface area contributed by atoms with E-state index in [1.807, 2.05) is 7.11 Å². The Morgan fingerprint density at radius 1 is 1.11 bits per heavy atom. The average Bonchev–Trinajstić information content (AvgIpc) is 3.22. The van der Waals surface area contributed by atoms with Crippen LogP contribution >= 0.6 is 0 Å². The molecule has 0 saturated heterocycles. The molecule has 2 nitrogen and oxygen atoms in total. The molecule has 1 N–H and O–H groups in total. The Bertz CT molecular complexity index is 221. The molecule has 0 aromatic heterocycles. The van der Waals surface area contributed by atoms with E-state index >= 15 is 0 Å². The van der Waals surface area contributed by atoms with E-state index in [0.29, 0.717) is 12.1 Å². The molecule has 0 aromatic carbocycles. The summed E-state index contributed by atoms with van der Waals surface area (Å²) < 4.78 is 5.81. The van der Waals surface area contributed by atoms with Gasteiger partial charge in [0, 0.05) is 13.2 Å². The van der Waals surface area contributed by atoms with Gasteiger partial charge in [-0.1, -0.05) is 39.0 Å². The second-order valence-electron chi connectivity index (χ2n) is 6.34. The molecule has 0 bridgehead atoms. The van der Waals surface area contributed by atoms with Crippen LogP contribution in [-0.4, -0.2) is 25.8 Å². The van der Waals surface area contributed by atoms with Gasteiger partial charge in [-0.25, -0.2) is 0 Å². The molecule has 2 aliphatic carbocycles. The predicted molar refractivity (Wildman–Crippen MR) is 76.8 cm³/mol. The fraction of sp³-hybridized carbons (Fsp3) is 1.00. The van der Waals surface area contributed by atoms with Crippen molar-refractivity contribution in [3.63, 3.8) is 0 Å². The van der Waals surface area contributed by atoms with Crippen molar-refractivity contribution in [2.75, 3.05) is 13.7 Å². The quantitative estimate of drug-likeness (QED) is 0.711. The summed E-state index contributed by atoms with van der Waals surface area (Å²) in [6.45, 7) is 3.40. The third kappa shape index (κ3) is 4.24. The van der Waals surface area contributed by atoms with Gasteiger partial charge in [-0.2, -0.15) is 0 Å². The lowest BCUT2D eigenvalue weighted by Crippen LogP contribution is -2.44. The SMILES string of the molecule is CCCNC(CC1CCCCC1)C(OC)C1CC1. The lowest BCUT2D eigenvalue weighted by atomic mass is 9.83. The van der Waals surface area contributed by atoms with Gasteiger partial charge in [0.05, 0.1) is 6.10 Å². The summed E-state index contributed by atoms with van der Waals surface area (Å²) in [7, 11) is 1.91. The van der Waals surface area contributed by atoms with Crippen LogP contribution in [0.2, 0.25) is 0 Å². The molecule has 0 amide bonds. The number of nitrogens with one attached hydrogen (secondary N) is 1. The van der Waals surface area contributed by atoms with Gasteiger partial charge in [0.2, 0.25) is 0 Å². The third-order valence-electron chi connectivity index (χ3n) is 4.72. The standard InChI is InChI=1S/C16H31NO/c1-3-11-17-15(16(18-2)14-9-10-14)12-13-7-5-4-6-8-13/h13-17H,3-12H2,1-2H3. The topological polar surface area (TPSA) is 21.3 Å². The lowest BCUT2D eigenvalue weighted by molar-refractivity contribution is 0.0408. The maximum absolute atomic E-state index is 5.81. The van der Waals surface area contributed by atoms with Crippen molar-refractivity contribution in [3.8, 4) is 0 Å². The predicted octanol–water partition coefficient (Wildman–Crippen LogP) is 3.75. The normalized spacial score (nSPS) is 25.0. The molecule has 2 aliphatic rings. The zero-order chi connectivity index (χ0) is 12.8. The summed E-state index contributed by atoms with van der Waals surface area (Å²) in [4.78, 5) is 0. The second-order valence-corrected chi connectivity index (χ2v) is 6.34. The van der Waals surface area contributed by atoms with E-state index in [9.17, 15) is 0 Å². The summed E-state index contributed by atoms with van der Waals surface area (Å²) in [5.74, 6) is 1.79. The van der Waals surface area contributed by atoms with E-state index < -0.39 is 0 Å². The highest BCUT2D eigenvalue weighted by Crippen LogP contribution is 2.38. The van der Waals surface area contributed by atoms with Crippen molar-refractivity contribution < 1.29 is 4.74 Å². The zero-order valence-electron chi connectivity index (χ0n) is 12.3. The Hall–Kier alpha value is -0.0800. The van der Waals surface area contributed by atoms with E-state index in [-0.39, 0.29) is 0 Å². The highest BCUT2D eigenvalue weighted by atomic mass is 16.5. The molecule has 0 spiro atoms. The first kappa shape index (κ1) is 14.3. The van der Waals surface area contributed by atoms with Gasteiger partial charge in [-0.3, -0.25) is 0 Å². The van der Waals surface area contributed by atoms with Crippen LogP contribution in [0, 0.1) is 11.8 Å². The largest absolute Gasteiger partial charge is 0.380 e. The van der Waals surface area contributed by atoms with Crippen molar-refractivity contribution in [1.29, 1.82) is 0 Å². The molecule has 2 atom stereocenters. The lowest BCUT2D eigenvalue weighted by Gasteiger charge is -2.32. The van der Waals surface area contributed by atoms with E-state index in [2.05, 4.69) is 12.2 Å². The monoisotopic (exact) mass is 253 g/mol. The molecule has 2 saturated carbocycles. The first-order valence-corrected chi connectivity index (χ1v) is 8.11. The molecule has 2 heteroatoms. The molecule has 18 heavy (non-hydrogen) atoms. The van der Waals surface area contributed by atoms with Crippen LogP contribution in [0.15, 0.2) is 0 Å². The molecular weight excluding hydrogens is 222 g/mol. The molecule has 2 unspecified atom stereocenters. The van der Waals surface area contributed by atoms with Crippen LogP contribution < -0.4 is 5.32 Å². The number of hydrogen-bond donors (Lipinski definition) is 1. The van der Waals surface area contributed by atoms with E-state index in [4.69, 9.17) is 4.74 Å². The van der Waals surface area contributed by atoms with Crippen molar-refractivity contribution >= 4 is 0 Å². The van der Waals surface area contributed by atoms with Crippen molar-refractivity contribution in [2.24, 2.45) is 11.8 Å². The van der Waals surface area contributed by atoms with Crippen molar-refractivity contribution in [3.05, 3.63) is 0 Å². The molecule has 106 valence electrons. The molecule has 0 aliphatic heterocycles. The zero-order valence-corrected chi connectivity index (χ0v) is 12.3. The minimum Gasteiger partial charge on any atom is -0.380 e. The minimum absolute atomic E-state index is 0.471. The van der Waals surface area contributed by atoms with Crippen LogP contribution in [0.4, 0.5) is 0 Å².